The Hall–Kier alpha value is -1.01. The van der Waals surface area contributed by atoms with Crippen LogP contribution in [0.1, 0.15) is 20.8 Å². The van der Waals surface area contributed by atoms with Gasteiger partial charge >= 0.3 is 13.2 Å². The molecule has 0 fully saturated rings. The van der Waals surface area contributed by atoms with Crippen molar-refractivity contribution in [1.82, 2.24) is 5.32 Å². The van der Waals surface area contributed by atoms with Crippen LogP contribution in [0.2, 0.25) is 0 Å². The van der Waals surface area contributed by atoms with E-state index in [1.807, 2.05) is 0 Å². The van der Waals surface area contributed by atoms with Crippen LogP contribution in [0.4, 0.5) is 4.79 Å². The van der Waals surface area contributed by atoms with Crippen LogP contribution in [0.5, 0.6) is 0 Å². The molecule has 0 saturated heterocycles. The van der Waals surface area contributed by atoms with Gasteiger partial charge < -0.3 is 20.1 Å². The van der Waals surface area contributed by atoms with Crippen molar-refractivity contribution in [1.29, 1.82) is 0 Å². The number of hydrogen-bond donors (Lipinski definition) is 3. The van der Waals surface area contributed by atoms with Gasteiger partial charge in [0.2, 0.25) is 0 Å². The molecule has 0 atom stereocenters. The Labute approximate surface area is 83.9 Å². The summed E-state index contributed by atoms with van der Waals surface area (Å²) in [7, 11) is -1.49. The number of alkyl carbamates (subject to hydrolysis) is 1. The van der Waals surface area contributed by atoms with E-state index < -0.39 is 18.8 Å². The maximum absolute atomic E-state index is 11.0. The van der Waals surface area contributed by atoms with Gasteiger partial charge in [-0.05, 0) is 20.8 Å². The van der Waals surface area contributed by atoms with E-state index in [4.69, 9.17) is 14.8 Å². The fourth-order valence-electron chi connectivity index (χ4n) is 0.646. The Bertz CT molecular complexity index is 210. The largest absolute Gasteiger partial charge is 0.480 e. The third kappa shape index (κ3) is 9.09. The van der Waals surface area contributed by atoms with Crippen molar-refractivity contribution < 1.29 is 19.6 Å². The van der Waals surface area contributed by atoms with E-state index in [1.54, 1.807) is 20.8 Å². The number of rotatable bonds is 3. The third-order valence-corrected chi connectivity index (χ3v) is 1.07. The van der Waals surface area contributed by atoms with Gasteiger partial charge in [0.15, 0.2) is 0 Å². The average Bonchev–Trinajstić information content (AvgIpc) is 1.94. The molecule has 0 heterocycles. The molecule has 0 aliphatic carbocycles. The van der Waals surface area contributed by atoms with Crippen LogP contribution in [0.25, 0.3) is 0 Å². The van der Waals surface area contributed by atoms with Gasteiger partial charge in [0.1, 0.15) is 5.60 Å². The van der Waals surface area contributed by atoms with Gasteiger partial charge in [-0.15, -0.1) is 0 Å². The number of hydrogen-bond acceptors (Lipinski definition) is 4. The summed E-state index contributed by atoms with van der Waals surface area (Å²) in [6.07, 6.45) is 0.892. The van der Waals surface area contributed by atoms with Crippen molar-refractivity contribution in [3.63, 3.8) is 0 Å². The second kappa shape index (κ2) is 5.67. The Morgan fingerprint density at radius 3 is 2.50 bits per heavy atom. The monoisotopic (exact) mass is 201 g/mol. The first-order valence-corrected chi connectivity index (χ1v) is 4.31. The van der Waals surface area contributed by atoms with Gasteiger partial charge in [-0.3, -0.25) is 0 Å². The van der Waals surface area contributed by atoms with Gasteiger partial charge in [-0.25, -0.2) is 4.79 Å². The number of nitrogens with one attached hydrogen (secondary N) is 1. The SMILES string of the molecule is CC(C)(C)OC(=O)NCC=CB(O)O. The van der Waals surface area contributed by atoms with Crippen LogP contribution in [0.3, 0.4) is 0 Å². The highest BCUT2D eigenvalue weighted by atomic mass is 16.6. The van der Waals surface area contributed by atoms with Crippen molar-refractivity contribution in [3.05, 3.63) is 12.1 Å². The minimum absolute atomic E-state index is 0.201. The predicted molar refractivity (Wildman–Crippen MR) is 53.6 cm³/mol. The summed E-state index contributed by atoms with van der Waals surface area (Å²) in [6.45, 7) is 5.49. The molecule has 3 N–H and O–H groups in total. The lowest BCUT2D eigenvalue weighted by Gasteiger charge is -2.19. The highest BCUT2D eigenvalue weighted by Gasteiger charge is 2.14. The van der Waals surface area contributed by atoms with Crippen LogP contribution in [-0.4, -0.2) is 35.4 Å². The first-order chi connectivity index (χ1) is 6.31. The van der Waals surface area contributed by atoms with E-state index in [2.05, 4.69) is 5.32 Å². The summed E-state index contributed by atoms with van der Waals surface area (Å²) in [6, 6.07) is 0. The molecule has 0 bridgehead atoms. The molecule has 5 nitrogen and oxygen atoms in total. The van der Waals surface area contributed by atoms with Gasteiger partial charge in [-0.1, -0.05) is 12.1 Å². The summed E-state index contributed by atoms with van der Waals surface area (Å²) in [5.74, 6) is 1.15. The molecule has 6 heteroatoms. The summed E-state index contributed by atoms with van der Waals surface area (Å²) >= 11 is 0. The third-order valence-electron chi connectivity index (χ3n) is 1.07. The molecule has 0 aromatic carbocycles. The van der Waals surface area contributed by atoms with Crippen molar-refractivity contribution in [2.45, 2.75) is 26.4 Å². The van der Waals surface area contributed by atoms with Gasteiger partial charge in [0.25, 0.3) is 0 Å². The quantitative estimate of drug-likeness (QED) is 0.565. The molecule has 0 rings (SSSR count). The molecule has 14 heavy (non-hydrogen) atoms. The summed E-state index contributed by atoms with van der Waals surface area (Å²) in [5.41, 5.74) is -0.524. The molecular formula is C8H16BNO4. The molecule has 0 aliphatic heterocycles. The van der Waals surface area contributed by atoms with Crippen LogP contribution < -0.4 is 5.32 Å². The van der Waals surface area contributed by atoms with E-state index in [0.717, 1.165) is 5.98 Å². The lowest BCUT2D eigenvalue weighted by molar-refractivity contribution is 0.0534. The number of ether oxygens (including phenoxy) is 1. The Balaban J connectivity index is 3.66. The lowest BCUT2D eigenvalue weighted by atomic mass is 9.92. The Morgan fingerprint density at radius 1 is 1.50 bits per heavy atom. The van der Waals surface area contributed by atoms with E-state index in [0.29, 0.717) is 0 Å². The minimum atomic E-state index is -1.49. The molecule has 0 aliphatic rings. The molecule has 0 saturated carbocycles. The van der Waals surface area contributed by atoms with Crippen molar-refractivity contribution in [3.8, 4) is 0 Å². The fraction of sp³-hybridized carbons (Fsp3) is 0.625. The van der Waals surface area contributed by atoms with Crippen LogP contribution in [0.15, 0.2) is 12.1 Å². The summed E-state index contributed by atoms with van der Waals surface area (Å²) < 4.78 is 4.94. The molecule has 0 spiro atoms. The van der Waals surface area contributed by atoms with Crippen molar-refractivity contribution >= 4 is 13.2 Å². The zero-order chi connectivity index (χ0) is 11.2. The van der Waals surface area contributed by atoms with Crippen LogP contribution in [-0.2, 0) is 4.74 Å². The van der Waals surface area contributed by atoms with Crippen molar-refractivity contribution in [2.75, 3.05) is 6.54 Å². The molecule has 0 aromatic heterocycles. The molecular weight excluding hydrogens is 185 g/mol. The Kier molecular flexibility index (Phi) is 5.26. The fourth-order valence-corrected chi connectivity index (χ4v) is 0.646. The molecule has 0 unspecified atom stereocenters. The first-order valence-electron chi connectivity index (χ1n) is 4.31. The van der Waals surface area contributed by atoms with Crippen molar-refractivity contribution in [2.24, 2.45) is 0 Å². The minimum Gasteiger partial charge on any atom is -0.444 e. The second-order valence-corrected chi connectivity index (χ2v) is 3.72. The van der Waals surface area contributed by atoms with E-state index in [1.165, 1.54) is 6.08 Å². The maximum Gasteiger partial charge on any atom is 0.480 e. The molecule has 1 amide bonds. The first kappa shape index (κ1) is 13.0. The summed E-state index contributed by atoms with van der Waals surface area (Å²) in [4.78, 5) is 11.0. The maximum atomic E-state index is 11.0. The highest BCUT2D eigenvalue weighted by molar-refractivity contribution is 6.47. The standard InChI is InChI=1S/C8H16BNO4/c1-8(2,3)14-7(11)10-6-4-5-9(12)13/h4-5,12-13H,6H2,1-3H3,(H,10,11). The molecule has 80 valence electrons. The zero-order valence-electron chi connectivity index (χ0n) is 8.65. The van der Waals surface area contributed by atoms with E-state index in [9.17, 15) is 4.79 Å². The predicted octanol–water partition coefficient (Wildman–Crippen LogP) is 0.0793. The number of carbonyl (C=O) groups is 1. The molecule has 0 aromatic rings. The topological polar surface area (TPSA) is 78.8 Å². The van der Waals surface area contributed by atoms with Gasteiger partial charge in [-0.2, -0.15) is 0 Å². The number of amides is 1. The zero-order valence-corrected chi connectivity index (χ0v) is 8.65. The van der Waals surface area contributed by atoms with Crippen LogP contribution >= 0.6 is 0 Å². The Morgan fingerprint density at radius 2 is 2.07 bits per heavy atom. The van der Waals surface area contributed by atoms with Gasteiger partial charge in [0.05, 0.1) is 0 Å². The van der Waals surface area contributed by atoms with Crippen LogP contribution in [0, 0.1) is 0 Å². The lowest BCUT2D eigenvalue weighted by Crippen LogP contribution is -2.32. The average molecular weight is 201 g/mol. The summed E-state index contributed by atoms with van der Waals surface area (Å²) in [5, 5.41) is 19.3. The van der Waals surface area contributed by atoms with E-state index in [-0.39, 0.29) is 6.54 Å². The second-order valence-electron chi connectivity index (χ2n) is 3.72. The van der Waals surface area contributed by atoms with E-state index >= 15 is 0 Å². The number of carbonyl (C=O) groups excluding carboxylic acids is 1. The normalized spacial score (nSPS) is 11.5. The highest BCUT2D eigenvalue weighted by Crippen LogP contribution is 2.05. The molecule has 0 radical (unpaired) electrons. The van der Waals surface area contributed by atoms with Gasteiger partial charge in [0, 0.05) is 6.54 Å². The smallest absolute Gasteiger partial charge is 0.444 e.